The van der Waals surface area contributed by atoms with Crippen molar-refractivity contribution in [3.8, 4) is 0 Å². The second kappa shape index (κ2) is 3.89. The zero-order chi connectivity index (χ0) is 9.97. The molecule has 74 valence electrons. The van der Waals surface area contributed by atoms with Crippen molar-refractivity contribution in [3.63, 3.8) is 0 Å². The van der Waals surface area contributed by atoms with Gasteiger partial charge in [0, 0.05) is 29.9 Å². The van der Waals surface area contributed by atoms with Crippen LogP contribution < -0.4 is 5.73 Å². The summed E-state index contributed by atoms with van der Waals surface area (Å²) in [6.45, 7) is 1.98. The minimum atomic E-state index is -0.0875. The first-order valence-corrected chi connectivity index (χ1v) is 5.29. The van der Waals surface area contributed by atoms with E-state index in [9.17, 15) is 0 Å². The number of aromatic amines is 1. The minimum absolute atomic E-state index is 0.0875. The third-order valence-electron chi connectivity index (χ3n) is 1.93. The van der Waals surface area contributed by atoms with Crippen LogP contribution in [0.25, 0.3) is 0 Å². The topological polar surface area (TPSA) is 67.6 Å². The summed E-state index contributed by atoms with van der Waals surface area (Å²) in [4.78, 5) is 11.5. The summed E-state index contributed by atoms with van der Waals surface area (Å²) in [5.74, 6) is 0.817. The van der Waals surface area contributed by atoms with Crippen molar-refractivity contribution in [1.82, 2.24) is 15.0 Å². The first-order valence-electron chi connectivity index (χ1n) is 4.41. The van der Waals surface area contributed by atoms with Crippen LogP contribution in [0, 0.1) is 6.92 Å². The second-order valence-corrected chi connectivity index (χ2v) is 4.11. The van der Waals surface area contributed by atoms with Crippen LogP contribution in [0.5, 0.6) is 0 Å². The van der Waals surface area contributed by atoms with Crippen LogP contribution in [0.15, 0.2) is 17.8 Å². The molecule has 0 bridgehead atoms. The average molecular weight is 208 g/mol. The molecule has 0 aromatic carbocycles. The Morgan fingerprint density at radius 2 is 2.50 bits per heavy atom. The first-order chi connectivity index (χ1) is 6.75. The predicted molar refractivity (Wildman–Crippen MR) is 56.1 cm³/mol. The number of hydrogen-bond acceptors (Lipinski definition) is 4. The van der Waals surface area contributed by atoms with Gasteiger partial charge in [-0.2, -0.15) is 0 Å². The Hall–Kier alpha value is -1.20. The van der Waals surface area contributed by atoms with E-state index in [0.717, 1.165) is 22.9 Å². The number of thiazole rings is 1. The number of rotatable bonds is 3. The van der Waals surface area contributed by atoms with Gasteiger partial charge in [0.25, 0.3) is 0 Å². The summed E-state index contributed by atoms with van der Waals surface area (Å²) in [5.41, 5.74) is 7.01. The van der Waals surface area contributed by atoms with Gasteiger partial charge in [-0.1, -0.05) is 0 Å². The third kappa shape index (κ3) is 2.00. The van der Waals surface area contributed by atoms with E-state index in [1.807, 2.05) is 12.3 Å². The Bertz CT molecular complexity index is 393. The van der Waals surface area contributed by atoms with Gasteiger partial charge in [-0.3, -0.25) is 0 Å². The highest BCUT2D eigenvalue weighted by molar-refractivity contribution is 7.09. The molecule has 2 rings (SSSR count). The van der Waals surface area contributed by atoms with Crippen molar-refractivity contribution in [2.24, 2.45) is 5.73 Å². The van der Waals surface area contributed by atoms with Crippen LogP contribution in [0.4, 0.5) is 0 Å². The van der Waals surface area contributed by atoms with E-state index in [2.05, 4.69) is 15.0 Å². The largest absolute Gasteiger partial charge is 0.347 e. The Kier molecular flexibility index (Phi) is 2.60. The van der Waals surface area contributed by atoms with Gasteiger partial charge < -0.3 is 10.7 Å². The molecule has 0 aliphatic rings. The van der Waals surface area contributed by atoms with Crippen molar-refractivity contribution < 1.29 is 0 Å². The molecule has 2 aromatic rings. The quantitative estimate of drug-likeness (QED) is 0.801. The average Bonchev–Trinajstić information content (AvgIpc) is 2.75. The summed E-state index contributed by atoms with van der Waals surface area (Å²) in [6, 6.07) is -0.0875. The molecule has 0 saturated carbocycles. The summed E-state index contributed by atoms with van der Waals surface area (Å²) < 4.78 is 0. The zero-order valence-electron chi connectivity index (χ0n) is 7.90. The number of nitrogens with two attached hydrogens (primary N) is 1. The lowest BCUT2D eigenvalue weighted by Crippen LogP contribution is -2.14. The van der Waals surface area contributed by atoms with Crippen LogP contribution in [-0.4, -0.2) is 15.0 Å². The zero-order valence-corrected chi connectivity index (χ0v) is 8.71. The lowest BCUT2D eigenvalue weighted by molar-refractivity contribution is 0.674. The molecule has 14 heavy (non-hydrogen) atoms. The molecule has 1 atom stereocenters. The van der Waals surface area contributed by atoms with Crippen molar-refractivity contribution in [2.75, 3.05) is 0 Å². The van der Waals surface area contributed by atoms with Crippen LogP contribution in [0.1, 0.15) is 22.6 Å². The SMILES string of the molecule is Cc1csc(CC(N)c2ncc[nH]2)n1. The van der Waals surface area contributed by atoms with E-state index in [1.54, 1.807) is 23.7 Å². The van der Waals surface area contributed by atoms with Gasteiger partial charge in [-0.25, -0.2) is 9.97 Å². The molecule has 2 aromatic heterocycles. The van der Waals surface area contributed by atoms with Gasteiger partial charge in [0.2, 0.25) is 0 Å². The van der Waals surface area contributed by atoms with Gasteiger partial charge in [0.15, 0.2) is 0 Å². The lowest BCUT2D eigenvalue weighted by atomic mass is 10.2. The smallest absolute Gasteiger partial charge is 0.123 e. The molecular weight excluding hydrogens is 196 g/mol. The fourth-order valence-corrected chi connectivity index (χ4v) is 2.09. The predicted octanol–water partition coefficient (Wildman–Crippen LogP) is 1.42. The molecule has 0 spiro atoms. The summed E-state index contributed by atoms with van der Waals surface area (Å²) >= 11 is 1.64. The number of hydrogen-bond donors (Lipinski definition) is 2. The maximum atomic E-state index is 5.95. The van der Waals surface area contributed by atoms with Crippen LogP contribution in [0.2, 0.25) is 0 Å². The molecule has 4 nitrogen and oxygen atoms in total. The second-order valence-electron chi connectivity index (χ2n) is 3.17. The highest BCUT2D eigenvalue weighted by atomic mass is 32.1. The van der Waals surface area contributed by atoms with Gasteiger partial charge in [-0.05, 0) is 6.92 Å². The molecule has 1 unspecified atom stereocenters. The van der Waals surface area contributed by atoms with Gasteiger partial charge >= 0.3 is 0 Å². The van der Waals surface area contributed by atoms with E-state index in [1.165, 1.54) is 0 Å². The van der Waals surface area contributed by atoms with Crippen molar-refractivity contribution >= 4 is 11.3 Å². The summed E-state index contributed by atoms with van der Waals surface area (Å²) in [7, 11) is 0. The maximum absolute atomic E-state index is 5.95. The van der Waals surface area contributed by atoms with Crippen molar-refractivity contribution in [2.45, 2.75) is 19.4 Å². The van der Waals surface area contributed by atoms with E-state index in [4.69, 9.17) is 5.73 Å². The number of H-pyrrole nitrogens is 1. The van der Waals surface area contributed by atoms with Crippen molar-refractivity contribution in [3.05, 3.63) is 34.3 Å². The number of nitrogens with one attached hydrogen (secondary N) is 1. The van der Waals surface area contributed by atoms with Crippen LogP contribution in [0.3, 0.4) is 0 Å². The molecule has 0 amide bonds. The van der Waals surface area contributed by atoms with Gasteiger partial charge in [0.1, 0.15) is 5.82 Å². The standard InChI is InChI=1S/C9H12N4S/c1-6-5-14-8(13-6)4-7(10)9-11-2-3-12-9/h2-3,5,7H,4,10H2,1H3,(H,11,12). The number of aryl methyl sites for hydroxylation is 1. The van der Waals surface area contributed by atoms with E-state index >= 15 is 0 Å². The maximum Gasteiger partial charge on any atom is 0.123 e. The Morgan fingerprint density at radius 3 is 3.07 bits per heavy atom. The Balaban J connectivity index is 2.05. The molecule has 0 aliphatic carbocycles. The lowest BCUT2D eigenvalue weighted by Gasteiger charge is -2.05. The first kappa shape index (κ1) is 9.36. The van der Waals surface area contributed by atoms with E-state index in [0.29, 0.717) is 0 Å². The molecule has 2 heterocycles. The molecule has 0 fully saturated rings. The monoisotopic (exact) mass is 208 g/mol. The molecule has 0 saturated heterocycles. The Morgan fingerprint density at radius 1 is 1.64 bits per heavy atom. The number of aromatic nitrogens is 3. The van der Waals surface area contributed by atoms with Crippen LogP contribution in [-0.2, 0) is 6.42 Å². The summed E-state index contributed by atoms with van der Waals surface area (Å²) in [6.07, 6.45) is 4.23. The molecular formula is C9H12N4S. The molecule has 0 aliphatic heterocycles. The minimum Gasteiger partial charge on any atom is -0.347 e. The molecule has 5 heteroatoms. The normalized spacial score (nSPS) is 13.0. The van der Waals surface area contributed by atoms with E-state index in [-0.39, 0.29) is 6.04 Å². The number of nitrogens with zero attached hydrogens (tertiary/aromatic N) is 2. The summed E-state index contributed by atoms with van der Waals surface area (Å²) in [5, 5.41) is 3.09. The van der Waals surface area contributed by atoms with Gasteiger partial charge in [-0.15, -0.1) is 11.3 Å². The van der Waals surface area contributed by atoms with E-state index < -0.39 is 0 Å². The number of imidazole rings is 1. The molecule has 0 radical (unpaired) electrons. The highest BCUT2D eigenvalue weighted by Gasteiger charge is 2.10. The highest BCUT2D eigenvalue weighted by Crippen LogP contribution is 2.15. The van der Waals surface area contributed by atoms with Crippen molar-refractivity contribution in [1.29, 1.82) is 0 Å². The van der Waals surface area contributed by atoms with Gasteiger partial charge in [0.05, 0.1) is 11.0 Å². The molecule has 3 N–H and O–H groups in total. The third-order valence-corrected chi connectivity index (χ3v) is 2.92. The van der Waals surface area contributed by atoms with Crippen LogP contribution >= 0.6 is 11.3 Å². The Labute approximate surface area is 86.2 Å². The fraction of sp³-hybridized carbons (Fsp3) is 0.333. The fourth-order valence-electron chi connectivity index (χ4n) is 1.26.